The highest BCUT2D eigenvalue weighted by molar-refractivity contribution is 6.32. The van der Waals surface area contributed by atoms with Crippen molar-refractivity contribution < 1.29 is 19.1 Å². The van der Waals surface area contributed by atoms with Crippen molar-refractivity contribution in [1.82, 2.24) is 0 Å². The van der Waals surface area contributed by atoms with E-state index in [4.69, 9.17) is 21.1 Å². The van der Waals surface area contributed by atoms with Gasteiger partial charge in [0.05, 0.1) is 5.69 Å². The van der Waals surface area contributed by atoms with Crippen LogP contribution >= 0.6 is 11.6 Å². The third kappa shape index (κ3) is 3.91. The first-order valence-corrected chi connectivity index (χ1v) is 8.52. The van der Waals surface area contributed by atoms with Gasteiger partial charge in [0.15, 0.2) is 12.7 Å². The summed E-state index contributed by atoms with van der Waals surface area (Å²) in [5.41, 5.74) is 2.84. The summed E-state index contributed by atoms with van der Waals surface area (Å²) in [6, 6.07) is 8.64. The molecule has 0 aliphatic carbocycles. The fraction of sp³-hybridized carbons (Fsp3) is 0.263. The minimum absolute atomic E-state index is 0.0104. The molecule has 1 atom stereocenters. The zero-order chi connectivity index (χ0) is 18.8. The van der Waals surface area contributed by atoms with E-state index in [1.165, 1.54) is 0 Å². The number of ether oxygens (including phenoxy) is 2. The monoisotopic (exact) mass is 374 g/mol. The largest absolute Gasteiger partial charge is 0.482 e. The number of aryl methyl sites for hydroxylation is 2. The number of carbonyl (C=O) groups excluding carboxylic acids is 2. The lowest BCUT2D eigenvalue weighted by molar-refractivity contribution is -0.122. The van der Waals surface area contributed by atoms with Crippen molar-refractivity contribution in [1.29, 1.82) is 0 Å². The van der Waals surface area contributed by atoms with Gasteiger partial charge in [-0.05, 0) is 62.2 Å². The quantitative estimate of drug-likeness (QED) is 0.855. The van der Waals surface area contributed by atoms with Gasteiger partial charge in [0.1, 0.15) is 11.5 Å². The van der Waals surface area contributed by atoms with Crippen LogP contribution in [0.15, 0.2) is 30.3 Å². The Bertz CT molecular complexity index is 859. The molecular weight excluding hydrogens is 356 g/mol. The van der Waals surface area contributed by atoms with E-state index in [2.05, 4.69) is 10.6 Å². The Labute approximate surface area is 156 Å². The van der Waals surface area contributed by atoms with E-state index in [-0.39, 0.29) is 18.4 Å². The second-order valence-corrected chi connectivity index (χ2v) is 6.55. The summed E-state index contributed by atoms with van der Waals surface area (Å²) >= 11 is 6.15. The number of amides is 2. The highest BCUT2D eigenvalue weighted by Gasteiger charge is 2.19. The fourth-order valence-electron chi connectivity index (χ4n) is 2.64. The number of hydrogen-bond acceptors (Lipinski definition) is 4. The van der Waals surface area contributed by atoms with Crippen LogP contribution < -0.4 is 20.1 Å². The highest BCUT2D eigenvalue weighted by atomic mass is 35.5. The molecule has 0 spiro atoms. The average Bonchev–Trinajstić information content (AvgIpc) is 2.59. The molecule has 136 valence electrons. The Kier molecular flexibility index (Phi) is 5.04. The van der Waals surface area contributed by atoms with Crippen molar-refractivity contribution in [3.05, 3.63) is 46.5 Å². The first-order chi connectivity index (χ1) is 12.3. The second kappa shape index (κ2) is 7.25. The smallest absolute Gasteiger partial charge is 0.265 e. The number of benzene rings is 2. The Morgan fingerprint density at radius 2 is 1.96 bits per heavy atom. The van der Waals surface area contributed by atoms with Crippen molar-refractivity contribution in [3.63, 3.8) is 0 Å². The Morgan fingerprint density at radius 3 is 2.65 bits per heavy atom. The third-order valence-electron chi connectivity index (χ3n) is 3.97. The number of rotatable bonds is 4. The van der Waals surface area contributed by atoms with E-state index in [0.717, 1.165) is 11.1 Å². The molecule has 26 heavy (non-hydrogen) atoms. The van der Waals surface area contributed by atoms with Crippen molar-refractivity contribution >= 4 is 34.8 Å². The molecule has 2 N–H and O–H groups in total. The molecule has 2 aromatic carbocycles. The molecule has 3 rings (SSSR count). The number of fused-ring (bicyclic) bond motifs is 1. The van der Waals surface area contributed by atoms with Crippen LogP contribution in [0.25, 0.3) is 0 Å². The summed E-state index contributed by atoms with van der Waals surface area (Å²) in [6.45, 7) is 5.42. The van der Waals surface area contributed by atoms with E-state index >= 15 is 0 Å². The third-order valence-corrected chi connectivity index (χ3v) is 4.57. The molecule has 0 aromatic heterocycles. The summed E-state index contributed by atoms with van der Waals surface area (Å²) in [5, 5.41) is 6.16. The van der Waals surface area contributed by atoms with Gasteiger partial charge in [0, 0.05) is 10.7 Å². The maximum Gasteiger partial charge on any atom is 0.265 e. The average molecular weight is 375 g/mol. The first kappa shape index (κ1) is 18.1. The number of halogens is 1. The summed E-state index contributed by atoms with van der Waals surface area (Å²) < 4.78 is 11.0. The molecule has 1 heterocycles. The minimum Gasteiger partial charge on any atom is -0.482 e. The maximum absolute atomic E-state index is 12.4. The molecule has 0 radical (unpaired) electrons. The summed E-state index contributed by atoms with van der Waals surface area (Å²) in [6.07, 6.45) is -0.711. The number of anilines is 2. The lowest BCUT2D eigenvalue weighted by Crippen LogP contribution is -2.30. The van der Waals surface area contributed by atoms with E-state index in [1.807, 2.05) is 13.8 Å². The van der Waals surface area contributed by atoms with Crippen molar-refractivity contribution in [3.8, 4) is 11.5 Å². The second-order valence-electron chi connectivity index (χ2n) is 6.17. The predicted molar refractivity (Wildman–Crippen MR) is 100 cm³/mol. The summed E-state index contributed by atoms with van der Waals surface area (Å²) in [7, 11) is 0. The molecule has 0 unspecified atom stereocenters. The van der Waals surface area contributed by atoms with Crippen molar-refractivity contribution in [2.75, 3.05) is 17.2 Å². The summed E-state index contributed by atoms with van der Waals surface area (Å²) in [4.78, 5) is 23.8. The zero-order valence-electron chi connectivity index (χ0n) is 14.7. The molecule has 1 aliphatic rings. The van der Waals surface area contributed by atoms with E-state index in [0.29, 0.717) is 27.9 Å². The standard InChI is InChI=1S/C19H19ClN2O4/c1-10-6-14(7-11(2)18(10)20)26-12(3)19(24)21-13-4-5-16-15(8-13)22-17(23)9-25-16/h4-8,12H,9H2,1-3H3,(H,21,24)(H,22,23)/t12-/m0/s1. The van der Waals surface area contributed by atoms with Gasteiger partial charge in [-0.1, -0.05) is 11.6 Å². The number of carbonyl (C=O) groups is 2. The van der Waals surface area contributed by atoms with Crippen LogP contribution in [-0.2, 0) is 9.59 Å². The number of nitrogens with one attached hydrogen (secondary N) is 2. The van der Waals surface area contributed by atoms with E-state index in [9.17, 15) is 9.59 Å². The molecule has 0 saturated heterocycles. The van der Waals surface area contributed by atoms with Crippen LogP contribution in [0.2, 0.25) is 5.02 Å². The van der Waals surface area contributed by atoms with E-state index < -0.39 is 6.10 Å². The number of hydrogen-bond donors (Lipinski definition) is 2. The molecule has 2 amide bonds. The van der Waals surface area contributed by atoms with Crippen LogP contribution in [0, 0.1) is 13.8 Å². The molecular formula is C19H19ClN2O4. The normalized spacial score (nSPS) is 13.9. The van der Waals surface area contributed by atoms with Gasteiger partial charge in [0.25, 0.3) is 11.8 Å². The molecule has 0 fully saturated rings. The molecule has 0 saturated carbocycles. The Balaban J connectivity index is 1.68. The van der Waals surface area contributed by atoms with Gasteiger partial charge >= 0.3 is 0 Å². The topological polar surface area (TPSA) is 76.7 Å². The van der Waals surface area contributed by atoms with Crippen LogP contribution in [0.3, 0.4) is 0 Å². The minimum atomic E-state index is -0.711. The van der Waals surface area contributed by atoms with Gasteiger partial charge in [-0.15, -0.1) is 0 Å². The Morgan fingerprint density at radius 1 is 1.27 bits per heavy atom. The lowest BCUT2D eigenvalue weighted by Gasteiger charge is -2.20. The Hall–Kier alpha value is -2.73. The molecule has 2 aromatic rings. The van der Waals surface area contributed by atoms with Crippen LogP contribution in [0.5, 0.6) is 11.5 Å². The molecule has 6 nitrogen and oxygen atoms in total. The molecule has 1 aliphatic heterocycles. The van der Waals surface area contributed by atoms with Gasteiger partial charge in [-0.2, -0.15) is 0 Å². The van der Waals surface area contributed by atoms with Crippen LogP contribution in [-0.4, -0.2) is 24.5 Å². The van der Waals surface area contributed by atoms with Crippen molar-refractivity contribution in [2.24, 2.45) is 0 Å². The first-order valence-electron chi connectivity index (χ1n) is 8.14. The fourth-order valence-corrected chi connectivity index (χ4v) is 2.75. The molecule has 7 heteroatoms. The lowest BCUT2D eigenvalue weighted by atomic mass is 10.1. The molecule has 0 bridgehead atoms. The van der Waals surface area contributed by atoms with E-state index in [1.54, 1.807) is 37.3 Å². The summed E-state index contributed by atoms with van der Waals surface area (Å²) in [5.74, 6) is 0.613. The van der Waals surface area contributed by atoms with Gasteiger partial charge < -0.3 is 20.1 Å². The maximum atomic E-state index is 12.4. The highest BCUT2D eigenvalue weighted by Crippen LogP contribution is 2.31. The zero-order valence-corrected chi connectivity index (χ0v) is 15.4. The van der Waals surface area contributed by atoms with Gasteiger partial charge in [0.2, 0.25) is 0 Å². The predicted octanol–water partition coefficient (Wildman–Crippen LogP) is 3.69. The van der Waals surface area contributed by atoms with Crippen molar-refractivity contribution in [2.45, 2.75) is 26.9 Å². The SMILES string of the molecule is Cc1cc(O[C@@H](C)C(=O)Nc2ccc3c(c2)NC(=O)CO3)cc(C)c1Cl. The van der Waals surface area contributed by atoms with Crippen LogP contribution in [0.1, 0.15) is 18.1 Å². The van der Waals surface area contributed by atoms with Crippen LogP contribution in [0.4, 0.5) is 11.4 Å². The van der Waals surface area contributed by atoms with Gasteiger partial charge in [-0.25, -0.2) is 0 Å². The van der Waals surface area contributed by atoms with Gasteiger partial charge in [-0.3, -0.25) is 9.59 Å².